The summed E-state index contributed by atoms with van der Waals surface area (Å²) in [6.45, 7) is 0. The van der Waals surface area contributed by atoms with Gasteiger partial charge >= 0.3 is 236 Å². The summed E-state index contributed by atoms with van der Waals surface area (Å²) >= 11 is -2.17. The van der Waals surface area contributed by atoms with Gasteiger partial charge in [-0.15, -0.1) is 0 Å². The summed E-state index contributed by atoms with van der Waals surface area (Å²) in [5.41, 5.74) is 11.4. The SMILES string of the molecule is C1=CC[C]([Zr+2](=[C]2CCCCCC2)[CH]2c3ccc(-c4ccccc4)cc3-c3cc(-c4ccccc4)ccc32)=C1.[Cl-].[Cl-]. The Morgan fingerprint density at radius 1 is 0.550 bits per heavy atom. The minimum Gasteiger partial charge on any atom is -1.00 e. The van der Waals surface area contributed by atoms with Gasteiger partial charge in [-0.05, 0) is 0 Å². The molecule has 1 fully saturated rings. The molecule has 4 aromatic carbocycles. The molecule has 0 spiro atoms. The second-order valence-electron chi connectivity index (χ2n) is 11.0. The third kappa shape index (κ3) is 5.59. The molecular formula is C37H34Cl2Zr. The van der Waals surface area contributed by atoms with Crippen LogP contribution >= 0.6 is 0 Å². The molecule has 4 aromatic rings. The third-order valence-electron chi connectivity index (χ3n) is 8.73. The Labute approximate surface area is 259 Å². The number of halogens is 2. The molecule has 3 aliphatic carbocycles. The standard InChI is InChI=1S/C25H17.C7H12.C5H5.2ClH.Zr/c1-3-7-18(8-4-1)20-11-13-22-15-23-14-12-21(17-25(23)24(22)16-20)19-9-5-2-6-10-19;1-2-4-6-7-5-3-1;1-2-4-5-3-1;;;/h1-17H;1-6H2;1-3H,4H2;2*1H;/q;;;;;+2/p-2. The van der Waals surface area contributed by atoms with E-state index >= 15 is 0 Å². The van der Waals surface area contributed by atoms with Gasteiger partial charge in [0.1, 0.15) is 0 Å². The molecule has 1 saturated carbocycles. The maximum absolute atomic E-state index is 2.51. The Morgan fingerprint density at radius 3 is 1.55 bits per heavy atom. The van der Waals surface area contributed by atoms with Crippen LogP contribution in [0.3, 0.4) is 0 Å². The molecule has 0 amide bonds. The van der Waals surface area contributed by atoms with E-state index in [0.29, 0.717) is 3.63 Å². The molecule has 0 unspecified atom stereocenters. The van der Waals surface area contributed by atoms with Crippen molar-refractivity contribution in [2.45, 2.75) is 48.6 Å². The minimum absolute atomic E-state index is 0. The number of allylic oxidation sites excluding steroid dienone is 4. The van der Waals surface area contributed by atoms with Gasteiger partial charge in [-0.1, -0.05) is 0 Å². The van der Waals surface area contributed by atoms with Gasteiger partial charge in [0.05, 0.1) is 0 Å². The van der Waals surface area contributed by atoms with E-state index in [1.54, 1.807) is 11.1 Å². The molecule has 0 N–H and O–H groups in total. The number of hydrogen-bond acceptors (Lipinski definition) is 0. The Hall–Kier alpha value is -2.31. The van der Waals surface area contributed by atoms with E-state index in [2.05, 4.69) is 115 Å². The molecule has 0 nitrogen and oxygen atoms in total. The first-order valence-electron chi connectivity index (χ1n) is 14.3. The molecule has 3 heteroatoms. The predicted octanol–water partition coefficient (Wildman–Crippen LogP) is 4.09. The average molecular weight is 641 g/mol. The Morgan fingerprint density at radius 2 is 1.07 bits per heavy atom. The topological polar surface area (TPSA) is 0 Å². The van der Waals surface area contributed by atoms with Crippen LogP contribution in [-0.2, 0) is 21.3 Å². The van der Waals surface area contributed by atoms with Crippen molar-refractivity contribution in [3.63, 3.8) is 0 Å². The molecule has 0 aromatic heterocycles. The Kier molecular flexibility index (Phi) is 9.58. The van der Waals surface area contributed by atoms with Crippen LogP contribution in [0.25, 0.3) is 33.4 Å². The summed E-state index contributed by atoms with van der Waals surface area (Å²) in [4.78, 5) is 0. The van der Waals surface area contributed by atoms with Crippen LogP contribution in [0.15, 0.2) is 119 Å². The molecule has 0 atom stereocenters. The van der Waals surface area contributed by atoms with Gasteiger partial charge in [0.2, 0.25) is 0 Å². The van der Waals surface area contributed by atoms with Crippen LogP contribution in [0, 0.1) is 0 Å². The zero-order valence-corrected chi connectivity index (χ0v) is 26.7. The first kappa shape index (κ1) is 29.2. The third-order valence-corrected chi connectivity index (χ3v) is 17.4. The Bertz CT molecular complexity index is 1480. The van der Waals surface area contributed by atoms with Crippen molar-refractivity contribution in [1.29, 1.82) is 0 Å². The maximum Gasteiger partial charge on any atom is -1.00 e. The van der Waals surface area contributed by atoms with Crippen molar-refractivity contribution < 1.29 is 46.1 Å². The first-order chi connectivity index (χ1) is 18.9. The Balaban J connectivity index is 0.00000161. The summed E-state index contributed by atoms with van der Waals surface area (Å²) in [7, 11) is 0. The van der Waals surface area contributed by atoms with Crippen LogP contribution in [0.2, 0.25) is 0 Å². The van der Waals surface area contributed by atoms with Crippen molar-refractivity contribution in [2.75, 3.05) is 0 Å². The zero-order chi connectivity index (χ0) is 25.3. The second kappa shape index (κ2) is 13.1. The fourth-order valence-corrected chi connectivity index (χ4v) is 16.4. The van der Waals surface area contributed by atoms with Gasteiger partial charge in [0, 0.05) is 0 Å². The second-order valence-corrected chi connectivity index (χ2v) is 17.8. The smallest absolute Gasteiger partial charge is 1.00 e. The molecule has 3 aliphatic rings. The van der Waals surface area contributed by atoms with Crippen molar-refractivity contribution in [3.8, 4) is 33.4 Å². The average Bonchev–Trinajstić information content (AvgIpc) is 3.53. The van der Waals surface area contributed by atoms with Gasteiger partial charge in [-0.3, -0.25) is 0 Å². The van der Waals surface area contributed by atoms with E-state index in [4.69, 9.17) is 0 Å². The zero-order valence-electron chi connectivity index (χ0n) is 22.8. The number of hydrogen-bond donors (Lipinski definition) is 0. The van der Waals surface area contributed by atoms with Gasteiger partial charge < -0.3 is 24.8 Å². The van der Waals surface area contributed by atoms with E-state index < -0.39 is 21.3 Å². The van der Waals surface area contributed by atoms with Gasteiger partial charge in [0.15, 0.2) is 0 Å². The molecule has 7 rings (SSSR count). The van der Waals surface area contributed by atoms with Crippen LogP contribution in [0.5, 0.6) is 0 Å². The van der Waals surface area contributed by atoms with E-state index in [-0.39, 0.29) is 24.8 Å². The molecule has 200 valence electrons. The summed E-state index contributed by atoms with van der Waals surface area (Å²) in [6, 6.07) is 36.6. The van der Waals surface area contributed by atoms with Gasteiger partial charge in [0.25, 0.3) is 0 Å². The number of rotatable bonds is 4. The largest absolute Gasteiger partial charge is 1.00 e. The van der Waals surface area contributed by atoms with E-state index in [1.165, 1.54) is 78.3 Å². The van der Waals surface area contributed by atoms with Crippen LogP contribution in [0.4, 0.5) is 0 Å². The van der Waals surface area contributed by atoms with Crippen molar-refractivity contribution >= 4 is 3.21 Å². The molecule has 0 radical (unpaired) electrons. The van der Waals surface area contributed by atoms with Crippen LogP contribution in [0.1, 0.15) is 59.7 Å². The fraction of sp³-hybridized carbons (Fsp3) is 0.216. The normalized spacial score (nSPS) is 15.6. The predicted molar refractivity (Wildman–Crippen MR) is 159 cm³/mol. The number of benzene rings is 4. The van der Waals surface area contributed by atoms with Crippen molar-refractivity contribution in [3.05, 3.63) is 130 Å². The summed E-state index contributed by atoms with van der Waals surface area (Å²) < 4.78 is 4.39. The van der Waals surface area contributed by atoms with Crippen LogP contribution < -0.4 is 24.8 Å². The maximum atomic E-state index is 2.51. The van der Waals surface area contributed by atoms with E-state index in [1.807, 2.05) is 6.49 Å². The minimum atomic E-state index is -2.17. The molecule has 0 heterocycles. The summed E-state index contributed by atoms with van der Waals surface area (Å²) in [5.74, 6) is 0. The fourth-order valence-electron chi connectivity index (χ4n) is 6.87. The van der Waals surface area contributed by atoms with Crippen molar-refractivity contribution in [1.82, 2.24) is 0 Å². The van der Waals surface area contributed by atoms with Gasteiger partial charge in [-0.2, -0.15) is 0 Å². The van der Waals surface area contributed by atoms with E-state index in [0.717, 1.165) is 0 Å². The summed E-state index contributed by atoms with van der Waals surface area (Å²) in [5, 5.41) is 0. The van der Waals surface area contributed by atoms with Crippen molar-refractivity contribution in [2.24, 2.45) is 0 Å². The molecular weight excluding hydrogens is 607 g/mol. The van der Waals surface area contributed by atoms with Crippen LogP contribution in [-0.4, -0.2) is 3.21 Å². The van der Waals surface area contributed by atoms with E-state index in [9.17, 15) is 0 Å². The molecule has 0 aliphatic heterocycles. The molecule has 0 bridgehead atoms. The van der Waals surface area contributed by atoms with Gasteiger partial charge in [-0.25, -0.2) is 0 Å². The molecule has 0 saturated heterocycles. The molecule has 40 heavy (non-hydrogen) atoms. The monoisotopic (exact) mass is 638 g/mol. The quantitative estimate of drug-likeness (QED) is 0.295. The first-order valence-corrected chi connectivity index (χ1v) is 18.2. The summed E-state index contributed by atoms with van der Waals surface area (Å²) in [6.07, 6.45) is 16.8. The number of fused-ring (bicyclic) bond motifs is 3.